The van der Waals surface area contributed by atoms with E-state index in [0.29, 0.717) is 48.3 Å². The molecule has 140 valence electrons. The molecule has 0 radical (unpaired) electrons. The highest BCUT2D eigenvalue weighted by molar-refractivity contribution is 7.89. The minimum Gasteiger partial charge on any atom is -0.496 e. The van der Waals surface area contributed by atoms with Gasteiger partial charge in [0.15, 0.2) is 0 Å². The second-order valence-electron chi connectivity index (χ2n) is 6.29. The number of methoxy groups -OCH3 is 1. The summed E-state index contributed by atoms with van der Waals surface area (Å²) in [5.74, 6) is 1.86. The summed E-state index contributed by atoms with van der Waals surface area (Å²) in [5.41, 5.74) is 0.797. The Bertz CT molecular complexity index is 878. The fourth-order valence-corrected chi connectivity index (χ4v) is 4.58. The van der Waals surface area contributed by atoms with Gasteiger partial charge in [-0.2, -0.15) is 9.29 Å². The van der Waals surface area contributed by atoms with Crippen molar-refractivity contribution in [1.29, 1.82) is 0 Å². The SMILES string of the molecule is COc1ccc(S(=O)(=O)N2CCC(Oc3ccnc(C)n3)CC2)cc1C. The van der Waals surface area contributed by atoms with Gasteiger partial charge in [-0.3, -0.25) is 0 Å². The molecule has 0 saturated carbocycles. The number of hydrogen-bond donors (Lipinski definition) is 0. The number of aryl methyl sites for hydroxylation is 2. The van der Waals surface area contributed by atoms with Gasteiger partial charge < -0.3 is 9.47 Å². The normalized spacial score (nSPS) is 16.4. The maximum atomic E-state index is 12.9. The molecule has 0 N–H and O–H groups in total. The fraction of sp³-hybridized carbons (Fsp3) is 0.444. The highest BCUT2D eigenvalue weighted by Crippen LogP contribution is 2.26. The lowest BCUT2D eigenvalue weighted by Crippen LogP contribution is -2.41. The Kier molecular flexibility index (Phi) is 5.43. The van der Waals surface area contributed by atoms with Crippen LogP contribution in [0, 0.1) is 13.8 Å². The predicted octanol–water partition coefficient (Wildman–Crippen LogP) is 2.33. The first-order valence-corrected chi connectivity index (χ1v) is 9.95. The lowest BCUT2D eigenvalue weighted by atomic mass is 10.1. The molecule has 0 atom stereocenters. The third kappa shape index (κ3) is 3.96. The molecule has 2 heterocycles. The largest absolute Gasteiger partial charge is 0.496 e. The van der Waals surface area contributed by atoms with Gasteiger partial charge in [0.2, 0.25) is 15.9 Å². The number of aromatic nitrogens is 2. The first-order chi connectivity index (χ1) is 12.4. The van der Waals surface area contributed by atoms with Gasteiger partial charge in [0.1, 0.15) is 17.7 Å². The third-order valence-corrected chi connectivity index (χ3v) is 6.34. The maximum Gasteiger partial charge on any atom is 0.243 e. The molecule has 0 bridgehead atoms. The molecule has 7 nitrogen and oxygen atoms in total. The number of sulfonamides is 1. The second-order valence-corrected chi connectivity index (χ2v) is 8.23. The summed E-state index contributed by atoms with van der Waals surface area (Å²) in [6, 6.07) is 6.65. The van der Waals surface area contributed by atoms with Gasteiger partial charge in [-0.05, 0) is 50.5 Å². The first-order valence-electron chi connectivity index (χ1n) is 8.51. The molecule has 26 heavy (non-hydrogen) atoms. The van der Waals surface area contributed by atoms with E-state index in [1.54, 1.807) is 44.5 Å². The number of piperidine rings is 1. The van der Waals surface area contributed by atoms with Crippen molar-refractivity contribution in [3.8, 4) is 11.6 Å². The highest BCUT2D eigenvalue weighted by atomic mass is 32.2. The molecule has 1 aliphatic rings. The molecule has 0 spiro atoms. The standard InChI is InChI=1S/C18H23N3O4S/c1-13-12-16(4-5-17(13)24-3)26(22,23)21-10-7-15(8-11-21)25-18-6-9-19-14(2)20-18/h4-6,9,12,15H,7-8,10-11H2,1-3H3. The lowest BCUT2D eigenvalue weighted by Gasteiger charge is -2.31. The third-order valence-electron chi connectivity index (χ3n) is 4.44. The van der Waals surface area contributed by atoms with Crippen LogP contribution in [0.15, 0.2) is 35.4 Å². The Morgan fingerprint density at radius 2 is 1.88 bits per heavy atom. The summed E-state index contributed by atoms with van der Waals surface area (Å²) in [5, 5.41) is 0. The van der Waals surface area contributed by atoms with E-state index in [1.807, 2.05) is 6.92 Å². The zero-order valence-corrected chi connectivity index (χ0v) is 16.0. The first kappa shape index (κ1) is 18.6. The smallest absolute Gasteiger partial charge is 0.243 e. The second kappa shape index (κ2) is 7.59. The van der Waals surface area contributed by atoms with Crippen molar-refractivity contribution < 1.29 is 17.9 Å². The number of hydrogen-bond acceptors (Lipinski definition) is 6. The van der Waals surface area contributed by atoms with Crippen LogP contribution in [0.4, 0.5) is 0 Å². The summed E-state index contributed by atoms with van der Waals surface area (Å²) in [7, 11) is -1.95. The molecule has 1 aromatic heterocycles. The van der Waals surface area contributed by atoms with Gasteiger partial charge >= 0.3 is 0 Å². The van der Waals surface area contributed by atoms with E-state index >= 15 is 0 Å². The van der Waals surface area contributed by atoms with Crippen LogP contribution < -0.4 is 9.47 Å². The molecule has 0 aliphatic carbocycles. The molecule has 2 aromatic rings. The Balaban J connectivity index is 1.66. The van der Waals surface area contributed by atoms with E-state index in [4.69, 9.17) is 9.47 Å². The Hall–Kier alpha value is -2.19. The zero-order chi connectivity index (χ0) is 18.7. The van der Waals surface area contributed by atoms with Crippen molar-refractivity contribution in [3.63, 3.8) is 0 Å². The monoisotopic (exact) mass is 377 g/mol. The lowest BCUT2D eigenvalue weighted by molar-refractivity contribution is 0.129. The molecule has 1 fully saturated rings. The summed E-state index contributed by atoms with van der Waals surface area (Å²) < 4.78 is 38.3. The van der Waals surface area contributed by atoms with Crippen LogP contribution in [0.5, 0.6) is 11.6 Å². The molecule has 0 unspecified atom stereocenters. The van der Waals surface area contributed by atoms with E-state index in [-0.39, 0.29) is 6.10 Å². The molecule has 1 aromatic carbocycles. The van der Waals surface area contributed by atoms with E-state index in [2.05, 4.69) is 9.97 Å². The number of nitrogens with zero attached hydrogens (tertiary/aromatic N) is 3. The van der Waals surface area contributed by atoms with Crippen LogP contribution in [0.2, 0.25) is 0 Å². The van der Waals surface area contributed by atoms with E-state index in [1.165, 1.54) is 4.31 Å². The molecule has 1 aliphatic heterocycles. The number of rotatable bonds is 5. The molecule has 1 saturated heterocycles. The maximum absolute atomic E-state index is 12.9. The van der Waals surface area contributed by atoms with Crippen molar-refractivity contribution >= 4 is 10.0 Å². The topological polar surface area (TPSA) is 81.6 Å². The van der Waals surface area contributed by atoms with E-state index < -0.39 is 10.0 Å². The van der Waals surface area contributed by atoms with Crippen LogP contribution in [0.1, 0.15) is 24.2 Å². The molecular weight excluding hydrogens is 354 g/mol. The van der Waals surface area contributed by atoms with Gasteiger partial charge in [0.05, 0.1) is 12.0 Å². The predicted molar refractivity (Wildman–Crippen MR) is 96.9 cm³/mol. The van der Waals surface area contributed by atoms with Gasteiger partial charge in [-0.1, -0.05) is 0 Å². The summed E-state index contributed by atoms with van der Waals surface area (Å²) in [6.45, 7) is 4.48. The minimum absolute atomic E-state index is 0.0478. The van der Waals surface area contributed by atoms with Gasteiger partial charge in [0, 0.05) is 25.4 Å². The van der Waals surface area contributed by atoms with Crippen molar-refractivity contribution in [2.24, 2.45) is 0 Å². The average Bonchev–Trinajstić information content (AvgIpc) is 2.62. The molecule has 0 amide bonds. The minimum atomic E-state index is -3.52. The van der Waals surface area contributed by atoms with Gasteiger partial charge in [0.25, 0.3) is 0 Å². The zero-order valence-electron chi connectivity index (χ0n) is 15.2. The Morgan fingerprint density at radius 1 is 1.15 bits per heavy atom. The van der Waals surface area contributed by atoms with Crippen molar-refractivity contribution in [2.75, 3.05) is 20.2 Å². The summed E-state index contributed by atoms with van der Waals surface area (Å²) in [4.78, 5) is 8.57. The highest BCUT2D eigenvalue weighted by Gasteiger charge is 2.30. The van der Waals surface area contributed by atoms with E-state index in [9.17, 15) is 8.42 Å². The van der Waals surface area contributed by atoms with Gasteiger partial charge in [-0.15, -0.1) is 0 Å². The van der Waals surface area contributed by atoms with Crippen LogP contribution in [-0.4, -0.2) is 49.0 Å². The molecule has 3 rings (SSSR count). The Morgan fingerprint density at radius 3 is 2.50 bits per heavy atom. The fourth-order valence-electron chi connectivity index (χ4n) is 3.02. The van der Waals surface area contributed by atoms with Crippen molar-refractivity contribution in [3.05, 3.63) is 41.9 Å². The van der Waals surface area contributed by atoms with Crippen molar-refractivity contribution in [2.45, 2.75) is 37.7 Å². The number of benzene rings is 1. The Labute approximate surface area is 154 Å². The van der Waals surface area contributed by atoms with Gasteiger partial charge in [-0.25, -0.2) is 13.4 Å². The summed E-state index contributed by atoms with van der Waals surface area (Å²) in [6.07, 6.45) is 2.85. The summed E-state index contributed by atoms with van der Waals surface area (Å²) >= 11 is 0. The molecule has 8 heteroatoms. The quantitative estimate of drug-likeness (QED) is 0.795. The van der Waals surface area contributed by atoms with Crippen LogP contribution in [0.25, 0.3) is 0 Å². The van der Waals surface area contributed by atoms with Crippen molar-refractivity contribution in [1.82, 2.24) is 14.3 Å². The number of ether oxygens (including phenoxy) is 2. The van der Waals surface area contributed by atoms with Crippen LogP contribution >= 0.6 is 0 Å². The van der Waals surface area contributed by atoms with Crippen LogP contribution in [-0.2, 0) is 10.0 Å². The average molecular weight is 377 g/mol. The molecular formula is C18H23N3O4S. The van der Waals surface area contributed by atoms with E-state index in [0.717, 1.165) is 5.56 Å². The van der Waals surface area contributed by atoms with Crippen LogP contribution in [0.3, 0.4) is 0 Å².